The molecule has 5 heteroatoms. The van der Waals surface area contributed by atoms with Crippen LogP contribution in [-0.4, -0.2) is 14.5 Å². The third kappa shape index (κ3) is 4.17. The number of para-hydroxylation sites is 2. The number of fused-ring (bicyclic) bond motifs is 12. The van der Waals surface area contributed by atoms with Gasteiger partial charge in [0.15, 0.2) is 5.58 Å². The van der Waals surface area contributed by atoms with Gasteiger partial charge in [0.1, 0.15) is 11.6 Å². The second-order valence-electron chi connectivity index (χ2n) is 14.0. The van der Waals surface area contributed by atoms with Gasteiger partial charge in [-0.05, 0) is 52.9 Å². The van der Waals surface area contributed by atoms with E-state index in [0.717, 1.165) is 67.2 Å². The highest BCUT2D eigenvalue weighted by Crippen LogP contribution is 2.46. The molecular formula is C48H29N3OS. The zero-order chi connectivity index (χ0) is 34.6. The maximum atomic E-state index is 6.95. The third-order valence-electron chi connectivity index (χ3n) is 11.1. The zero-order valence-corrected chi connectivity index (χ0v) is 29.3. The molecule has 0 saturated carbocycles. The van der Waals surface area contributed by atoms with Gasteiger partial charge < -0.3 is 8.98 Å². The first-order valence-corrected chi connectivity index (χ1v) is 18.9. The van der Waals surface area contributed by atoms with Crippen molar-refractivity contribution in [1.29, 1.82) is 0 Å². The van der Waals surface area contributed by atoms with E-state index in [1.165, 1.54) is 47.9 Å². The molecule has 0 bridgehead atoms. The SMILES string of the molecule is C1=Cc2oc3c(-n4c5ccccc5c5ccc6ccccc6c54)cccc3c2C(c2nc(-c3ccc4ccccc4c3)c3sc4ccccc4c3n2)C1. The largest absolute Gasteiger partial charge is 0.454 e. The minimum Gasteiger partial charge on any atom is -0.454 e. The Morgan fingerprint density at radius 3 is 2.30 bits per heavy atom. The fraction of sp³-hybridized carbons (Fsp3) is 0.0417. The van der Waals surface area contributed by atoms with Gasteiger partial charge in [0.25, 0.3) is 0 Å². The summed E-state index contributed by atoms with van der Waals surface area (Å²) in [5.41, 5.74) is 8.51. The molecule has 4 nitrogen and oxygen atoms in total. The average molecular weight is 696 g/mol. The fourth-order valence-electron chi connectivity index (χ4n) is 8.74. The van der Waals surface area contributed by atoms with Gasteiger partial charge in [-0.2, -0.15) is 0 Å². The average Bonchev–Trinajstić information content (AvgIpc) is 3.90. The predicted octanol–water partition coefficient (Wildman–Crippen LogP) is 13.2. The smallest absolute Gasteiger partial charge is 0.159 e. The first kappa shape index (κ1) is 29.1. The van der Waals surface area contributed by atoms with Crippen LogP contribution in [0.2, 0.25) is 0 Å². The molecule has 1 unspecified atom stereocenters. The number of rotatable bonds is 3. The van der Waals surface area contributed by atoms with Crippen LogP contribution in [0.1, 0.15) is 29.5 Å². The van der Waals surface area contributed by atoms with Crippen LogP contribution in [0.3, 0.4) is 0 Å². The summed E-state index contributed by atoms with van der Waals surface area (Å²) in [5.74, 6) is 1.62. The van der Waals surface area contributed by atoms with Crippen molar-refractivity contribution in [2.24, 2.45) is 0 Å². The summed E-state index contributed by atoms with van der Waals surface area (Å²) in [4.78, 5) is 10.9. The lowest BCUT2D eigenvalue weighted by Gasteiger charge is -2.18. The van der Waals surface area contributed by atoms with E-state index in [4.69, 9.17) is 14.4 Å². The summed E-state index contributed by atoms with van der Waals surface area (Å²) in [6.45, 7) is 0. The number of hydrogen-bond acceptors (Lipinski definition) is 4. The summed E-state index contributed by atoms with van der Waals surface area (Å²) in [7, 11) is 0. The maximum absolute atomic E-state index is 6.95. The van der Waals surface area contributed by atoms with Gasteiger partial charge in [-0.25, -0.2) is 9.97 Å². The number of benzene rings is 7. The lowest BCUT2D eigenvalue weighted by molar-refractivity contribution is 0.585. The van der Waals surface area contributed by atoms with Gasteiger partial charge in [-0.1, -0.05) is 127 Å². The van der Waals surface area contributed by atoms with Gasteiger partial charge in [-0.3, -0.25) is 0 Å². The van der Waals surface area contributed by atoms with Gasteiger partial charge >= 0.3 is 0 Å². The van der Waals surface area contributed by atoms with E-state index >= 15 is 0 Å². The lowest BCUT2D eigenvalue weighted by Crippen LogP contribution is -2.09. The molecule has 12 rings (SSSR count). The molecule has 7 aromatic carbocycles. The van der Waals surface area contributed by atoms with Crippen LogP contribution in [0.25, 0.3) is 97.6 Å². The Balaban J connectivity index is 1.11. The molecule has 0 fully saturated rings. The van der Waals surface area contributed by atoms with Crippen molar-refractivity contribution in [2.75, 3.05) is 0 Å². The van der Waals surface area contributed by atoms with Crippen molar-refractivity contribution in [3.63, 3.8) is 0 Å². The van der Waals surface area contributed by atoms with Crippen molar-refractivity contribution in [3.8, 4) is 16.9 Å². The number of allylic oxidation sites excluding steroid dienone is 1. The van der Waals surface area contributed by atoms with E-state index in [1.54, 1.807) is 11.3 Å². The normalized spacial score (nSPS) is 14.5. The molecule has 4 heterocycles. The molecule has 0 saturated heterocycles. The van der Waals surface area contributed by atoms with Crippen molar-refractivity contribution >= 4 is 92.0 Å². The van der Waals surface area contributed by atoms with Crippen molar-refractivity contribution in [1.82, 2.24) is 14.5 Å². The molecule has 11 aromatic rings. The van der Waals surface area contributed by atoms with E-state index in [0.29, 0.717) is 0 Å². The summed E-state index contributed by atoms with van der Waals surface area (Å²) in [6.07, 6.45) is 5.15. The molecule has 0 radical (unpaired) electrons. The highest BCUT2D eigenvalue weighted by atomic mass is 32.1. The summed E-state index contributed by atoms with van der Waals surface area (Å²) in [6, 6.07) is 52.2. The fourth-order valence-corrected chi connectivity index (χ4v) is 9.90. The predicted molar refractivity (Wildman–Crippen MR) is 221 cm³/mol. The van der Waals surface area contributed by atoms with Gasteiger partial charge in [0, 0.05) is 42.8 Å². The van der Waals surface area contributed by atoms with E-state index in [-0.39, 0.29) is 5.92 Å². The second-order valence-corrected chi connectivity index (χ2v) is 15.1. The number of thiophene rings is 1. The highest BCUT2D eigenvalue weighted by molar-refractivity contribution is 7.26. The van der Waals surface area contributed by atoms with Gasteiger partial charge in [0.05, 0.1) is 38.5 Å². The third-order valence-corrected chi connectivity index (χ3v) is 12.3. The summed E-state index contributed by atoms with van der Waals surface area (Å²) < 4.78 is 11.7. The minimum atomic E-state index is -0.0762. The maximum Gasteiger partial charge on any atom is 0.159 e. The van der Waals surface area contributed by atoms with Crippen LogP contribution < -0.4 is 0 Å². The molecule has 0 aliphatic heterocycles. The number of aromatic nitrogens is 3. The minimum absolute atomic E-state index is 0.0762. The number of furan rings is 1. The standard InChI is InChI=1S/C48H29N3OS/c1-2-13-30-27-31(24-23-28(30)11-1)43-47-44(35-16-6-8-22-41(35)53-47)50-48(49-43)37-18-10-21-40-42(37)36-17-9-20-39(46(36)52-40)51-38-19-7-5-15-33(38)34-26-25-29-12-3-4-14-32(29)45(34)51/h1-17,19-27,37H,18H2. The molecule has 1 aliphatic rings. The molecule has 0 N–H and O–H groups in total. The van der Waals surface area contributed by atoms with Gasteiger partial charge in [0.2, 0.25) is 0 Å². The Labute approximate surface area is 307 Å². The van der Waals surface area contributed by atoms with Crippen LogP contribution in [-0.2, 0) is 0 Å². The Bertz CT molecular complexity index is 3340. The number of nitrogens with zero attached hydrogens (tertiary/aromatic N) is 3. The first-order valence-electron chi connectivity index (χ1n) is 18.1. The Morgan fingerprint density at radius 1 is 0.623 bits per heavy atom. The molecular weight excluding hydrogens is 667 g/mol. The Morgan fingerprint density at radius 2 is 1.38 bits per heavy atom. The zero-order valence-electron chi connectivity index (χ0n) is 28.5. The van der Waals surface area contributed by atoms with Crippen LogP contribution >= 0.6 is 11.3 Å². The molecule has 1 aliphatic carbocycles. The lowest BCUT2D eigenvalue weighted by atomic mass is 9.88. The van der Waals surface area contributed by atoms with Crippen molar-refractivity contribution < 1.29 is 4.42 Å². The Kier molecular flexibility index (Phi) is 6.02. The molecule has 53 heavy (non-hydrogen) atoms. The van der Waals surface area contributed by atoms with Crippen LogP contribution in [0.15, 0.2) is 156 Å². The molecule has 1 atom stereocenters. The molecule has 248 valence electrons. The monoisotopic (exact) mass is 695 g/mol. The molecule has 0 spiro atoms. The van der Waals surface area contributed by atoms with Crippen LogP contribution in [0, 0.1) is 0 Å². The first-order chi connectivity index (χ1) is 26.3. The Hall–Kier alpha value is -6.56. The quantitative estimate of drug-likeness (QED) is 0.185. The van der Waals surface area contributed by atoms with Crippen molar-refractivity contribution in [2.45, 2.75) is 12.3 Å². The van der Waals surface area contributed by atoms with E-state index in [9.17, 15) is 0 Å². The summed E-state index contributed by atoms with van der Waals surface area (Å²) in [5, 5.41) is 9.59. The summed E-state index contributed by atoms with van der Waals surface area (Å²) >= 11 is 1.78. The highest BCUT2D eigenvalue weighted by Gasteiger charge is 2.30. The van der Waals surface area contributed by atoms with E-state index < -0.39 is 0 Å². The molecule has 4 aromatic heterocycles. The van der Waals surface area contributed by atoms with Gasteiger partial charge in [-0.15, -0.1) is 11.3 Å². The van der Waals surface area contributed by atoms with E-state index in [2.05, 4.69) is 162 Å². The van der Waals surface area contributed by atoms with Crippen LogP contribution in [0.5, 0.6) is 0 Å². The van der Waals surface area contributed by atoms with Crippen molar-refractivity contribution in [3.05, 3.63) is 169 Å². The topological polar surface area (TPSA) is 43.9 Å². The molecule has 0 amide bonds. The number of hydrogen-bond donors (Lipinski definition) is 0. The second kappa shape index (κ2) is 11.0. The van der Waals surface area contributed by atoms with Crippen LogP contribution in [0.4, 0.5) is 0 Å². The van der Waals surface area contributed by atoms with E-state index in [1.807, 2.05) is 0 Å².